The second-order valence-electron chi connectivity index (χ2n) is 10.5. The number of fused-ring (bicyclic) bond motifs is 3. The molecule has 2 aromatic rings. The molecule has 1 fully saturated rings. The maximum atomic E-state index is 13.2. The fourth-order valence-electron chi connectivity index (χ4n) is 4.93. The molecule has 8 heteroatoms. The standard InChI is InChI=1S/C28H34N2O6/c1-28(2,3)36-26(33)29-18-15-19(16-18)30(14-8-13-25(31)32)27(34)35-17-24-22-11-6-4-9-20(22)21-10-5-7-12-23(21)24/h4-7,9-12,18-19,24H,8,13-17H2,1-3H3,(H,29,33)(H,31,32). The molecule has 0 bridgehead atoms. The normalized spacial score (nSPS) is 18.4. The predicted molar refractivity (Wildman–Crippen MR) is 135 cm³/mol. The first-order valence-corrected chi connectivity index (χ1v) is 12.5. The van der Waals surface area contributed by atoms with Crippen molar-refractivity contribution in [3.8, 4) is 11.1 Å². The summed E-state index contributed by atoms with van der Waals surface area (Å²) >= 11 is 0. The summed E-state index contributed by atoms with van der Waals surface area (Å²) in [7, 11) is 0. The number of benzene rings is 2. The van der Waals surface area contributed by atoms with Gasteiger partial charge in [0.25, 0.3) is 0 Å². The molecule has 0 radical (unpaired) electrons. The van der Waals surface area contributed by atoms with Gasteiger partial charge in [-0.1, -0.05) is 48.5 Å². The van der Waals surface area contributed by atoms with Crippen molar-refractivity contribution in [2.45, 2.75) is 70.1 Å². The lowest BCUT2D eigenvalue weighted by atomic mass is 9.85. The summed E-state index contributed by atoms with van der Waals surface area (Å²) < 4.78 is 11.1. The van der Waals surface area contributed by atoms with Crippen molar-refractivity contribution in [1.29, 1.82) is 0 Å². The number of aliphatic carboxylic acids is 1. The first-order chi connectivity index (χ1) is 17.1. The van der Waals surface area contributed by atoms with E-state index in [0.717, 1.165) is 22.3 Å². The van der Waals surface area contributed by atoms with Crippen LogP contribution in [-0.4, -0.2) is 59.0 Å². The van der Waals surface area contributed by atoms with Crippen molar-refractivity contribution in [3.05, 3.63) is 59.7 Å². The van der Waals surface area contributed by atoms with Crippen molar-refractivity contribution < 1.29 is 29.0 Å². The van der Waals surface area contributed by atoms with Crippen molar-refractivity contribution in [2.24, 2.45) is 0 Å². The Hall–Kier alpha value is -3.55. The number of carboxylic acids is 1. The zero-order valence-electron chi connectivity index (χ0n) is 21.0. The van der Waals surface area contributed by atoms with Gasteiger partial charge in [0.05, 0.1) is 0 Å². The third kappa shape index (κ3) is 5.98. The van der Waals surface area contributed by atoms with E-state index in [1.54, 1.807) is 25.7 Å². The van der Waals surface area contributed by atoms with E-state index >= 15 is 0 Å². The fraction of sp³-hybridized carbons (Fsp3) is 0.464. The van der Waals surface area contributed by atoms with Crippen molar-refractivity contribution >= 4 is 18.2 Å². The number of carboxylic acid groups (broad SMARTS) is 1. The topological polar surface area (TPSA) is 105 Å². The van der Waals surface area contributed by atoms with Gasteiger partial charge in [-0.15, -0.1) is 0 Å². The van der Waals surface area contributed by atoms with Crippen LogP contribution in [0.15, 0.2) is 48.5 Å². The Morgan fingerprint density at radius 1 is 1.00 bits per heavy atom. The van der Waals surface area contributed by atoms with Gasteiger partial charge in [-0.3, -0.25) is 4.79 Å². The van der Waals surface area contributed by atoms with Gasteiger partial charge >= 0.3 is 18.2 Å². The fourth-order valence-corrected chi connectivity index (χ4v) is 4.93. The molecule has 2 aliphatic rings. The predicted octanol–water partition coefficient (Wildman–Crippen LogP) is 5.16. The van der Waals surface area contributed by atoms with E-state index in [1.165, 1.54) is 0 Å². The van der Waals surface area contributed by atoms with Gasteiger partial charge in [0.1, 0.15) is 12.2 Å². The number of ether oxygens (including phenoxy) is 2. The van der Waals surface area contributed by atoms with E-state index in [0.29, 0.717) is 19.3 Å². The SMILES string of the molecule is CC(C)(C)OC(=O)NC1CC(N(CCCC(=O)O)C(=O)OCC2c3ccccc3-c3ccccc32)C1. The van der Waals surface area contributed by atoms with Crippen LogP contribution in [0.4, 0.5) is 9.59 Å². The lowest BCUT2D eigenvalue weighted by Gasteiger charge is -2.42. The number of nitrogens with one attached hydrogen (secondary N) is 1. The minimum absolute atomic E-state index is 0.0283. The third-order valence-corrected chi connectivity index (χ3v) is 6.64. The molecule has 192 valence electrons. The van der Waals surface area contributed by atoms with E-state index in [1.807, 2.05) is 24.3 Å². The highest BCUT2D eigenvalue weighted by molar-refractivity contribution is 5.79. The van der Waals surface area contributed by atoms with Crippen LogP contribution < -0.4 is 5.32 Å². The highest BCUT2D eigenvalue weighted by atomic mass is 16.6. The average Bonchev–Trinajstić information content (AvgIpc) is 3.10. The molecule has 2 amide bonds. The van der Waals surface area contributed by atoms with E-state index in [-0.39, 0.29) is 37.6 Å². The molecule has 0 aliphatic heterocycles. The molecule has 0 heterocycles. The summed E-state index contributed by atoms with van der Waals surface area (Å²) in [6.45, 7) is 5.90. The summed E-state index contributed by atoms with van der Waals surface area (Å²) in [6, 6.07) is 16.1. The van der Waals surface area contributed by atoms with Crippen LogP contribution in [0.25, 0.3) is 11.1 Å². The largest absolute Gasteiger partial charge is 0.481 e. The first kappa shape index (κ1) is 25.5. The summed E-state index contributed by atoms with van der Waals surface area (Å²) in [5.41, 5.74) is 3.99. The van der Waals surface area contributed by atoms with Crippen LogP contribution in [0.3, 0.4) is 0 Å². The number of hydrogen-bond acceptors (Lipinski definition) is 5. The van der Waals surface area contributed by atoms with Gasteiger partial charge in [0.15, 0.2) is 0 Å². The zero-order valence-corrected chi connectivity index (χ0v) is 21.0. The van der Waals surface area contributed by atoms with Gasteiger partial charge in [-0.05, 0) is 62.3 Å². The van der Waals surface area contributed by atoms with Gasteiger partial charge in [0.2, 0.25) is 0 Å². The van der Waals surface area contributed by atoms with E-state index < -0.39 is 23.8 Å². The number of hydrogen-bond donors (Lipinski definition) is 2. The number of rotatable bonds is 8. The number of nitrogens with zero attached hydrogens (tertiary/aromatic N) is 1. The molecule has 0 saturated heterocycles. The van der Waals surface area contributed by atoms with Gasteiger partial charge in [-0.2, -0.15) is 0 Å². The molecule has 2 aromatic carbocycles. The van der Waals surface area contributed by atoms with Gasteiger partial charge in [-0.25, -0.2) is 9.59 Å². The van der Waals surface area contributed by atoms with E-state index in [9.17, 15) is 14.4 Å². The Kier molecular flexibility index (Phi) is 7.52. The smallest absolute Gasteiger partial charge is 0.410 e. The lowest BCUT2D eigenvalue weighted by Crippen LogP contribution is -2.56. The Morgan fingerprint density at radius 2 is 1.58 bits per heavy atom. The van der Waals surface area contributed by atoms with Gasteiger partial charge < -0.3 is 24.8 Å². The third-order valence-electron chi connectivity index (χ3n) is 6.64. The molecule has 0 spiro atoms. The molecule has 2 aliphatic carbocycles. The van der Waals surface area contributed by atoms with Crippen molar-refractivity contribution in [1.82, 2.24) is 10.2 Å². The van der Waals surface area contributed by atoms with E-state index in [2.05, 4.69) is 29.6 Å². The molecule has 8 nitrogen and oxygen atoms in total. The van der Waals surface area contributed by atoms with Crippen molar-refractivity contribution in [2.75, 3.05) is 13.2 Å². The quantitative estimate of drug-likeness (QED) is 0.525. The average molecular weight is 495 g/mol. The number of amides is 2. The number of carbonyl (C=O) groups excluding carboxylic acids is 2. The number of alkyl carbamates (subject to hydrolysis) is 1. The van der Waals surface area contributed by atoms with Crippen LogP contribution in [0.2, 0.25) is 0 Å². The number of carbonyl (C=O) groups is 3. The molecular weight excluding hydrogens is 460 g/mol. The summed E-state index contributed by atoms with van der Waals surface area (Å²) in [4.78, 5) is 37.9. The summed E-state index contributed by atoms with van der Waals surface area (Å²) in [5, 5.41) is 11.9. The maximum absolute atomic E-state index is 13.2. The molecule has 4 rings (SSSR count). The first-order valence-electron chi connectivity index (χ1n) is 12.5. The van der Waals surface area contributed by atoms with Crippen LogP contribution in [-0.2, 0) is 14.3 Å². The Morgan fingerprint density at radius 3 is 2.14 bits per heavy atom. The monoisotopic (exact) mass is 494 g/mol. The Bertz CT molecular complexity index is 1070. The molecule has 1 saturated carbocycles. The second kappa shape index (κ2) is 10.6. The molecule has 0 atom stereocenters. The summed E-state index contributed by atoms with van der Waals surface area (Å²) in [5.74, 6) is -0.953. The van der Waals surface area contributed by atoms with Crippen LogP contribution >= 0.6 is 0 Å². The minimum atomic E-state index is -0.902. The van der Waals surface area contributed by atoms with E-state index in [4.69, 9.17) is 14.6 Å². The van der Waals surface area contributed by atoms with Crippen LogP contribution in [0, 0.1) is 0 Å². The highest BCUT2D eigenvalue weighted by Crippen LogP contribution is 2.44. The Labute approximate surface area is 211 Å². The zero-order chi connectivity index (χ0) is 25.9. The van der Waals surface area contributed by atoms with Crippen LogP contribution in [0.1, 0.15) is 63.5 Å². The van der Waals surface area contributed by atoms with Crippen LogP contribution in [0.5, 0.6) is 0 Å². The van der Waals surface area contributed by atoms with Crippen molar-refractivity contribution in [3.63, 3.8) is 0 Å². The molecule has 0 aromatic heterocycles. The molecular formula is C28H34N2O6. The van der Waals surface area contributed by atoms with Gasteiger partial charge in [0, 0.05) is 31.0 Å². The lowest BCUT2D eigenvalue weighted by molar-refractivity contribution is -0.137. The Balaban J connectivity index is 1.38. The minimum Gasteiger partial charge on any atom is -0.481 e. The summed E-state index contributed by atoms with van der Waals surface area (Å²) in [6.07, 6.45) is 0.500. The maximum Gasteiger partial charge on any atom is 0.410 e. The second-order valence-corrected chi connectivity index (χ2v) is 10.5. The highest BCUT2D eigenvalue weighted by Gasteiger charge is 2.39. The molecule has 0 unspecified atom stereocenters. The molecule has 36 heavy (non-hydrogen) atoms. The molecule has 2 N–H and O–H groups in total.